The molecule has 0 atom stereocenters. The first kappa shape index (κ1) is 16.4. The van der Waals surface area contributed by atoms with Gasteiger partial charge in [0.25, 0.3) is 5.56 Å². The number of carbonyl (C=O) groups is 1. The molecule has 0 saturated heterocycles. The molecule has 6 heteroatoms. The lowest BCUT2D eigenvalue weighted by molar-refractivity contribution is 0.0464. The van der Waals surface area contributed by atoms with Crippen LogP contribution in [0.2, 0.25) is 0 Å². The third-order valence-corrected chi connectivity index (χ3v) is 4.45. The monoisotopic (exact) mass is 386 g/mol. The van der Waals surface area contributed by atoms with E-state index in [0.717, 1.165) is 10.0 Å². The number of rotatable bonds is 4. The van der Waals surface area contributed by atoms with Crippen LogP contribution in [-0.4, -0.2) is 15.7 Å². The lowest BCUT2D eigenvalue weighted by atomic mass is 10.1. The fourth-order valence-electron chi connectivity index (χ4n) is 2.43. The fraction of sp³-hybridized carbons (Fsp3) is 0.167. The maximum Gasteiger partial charge on any atom is 0.359 e. The molecule has 0 aliphatic carbocycles. The molecule has 0 aliphatic heterocycles. The number of fused-ring (bicyclic) bond motifs is 1. The molecular weight excluding hydrogens is 372 g/mol. The minimum absolute atomic E-state index is 0.127. The Morgan fingerprint density at radius 2 is 1.79 bits per heavy atom. The zero-order valence-electron chi connectivity index (χ0n) is 13.0. The van der Waals surface area contributed by atoms with Crippen LogP contribution in [0, 0.1) is 0 Å². The van der Waals surface area contributed by atoms with Gasteiger partial charge >= 0.3 is 5.97 Å². The van der Waals surface area contributed by atoms with Crippen molar-refractivity contribution in [2.45, 2.75) is 20.1 Å². The SMILES string of the molecule is CCn1nc(C(=O)OCc2ccccc2Br)c2ccccc2c1=O. The molecule has 5 nitrogen and oxygen atoms in total. The number of halogens is 1. The minimum Gasteiger partial charge on any atom is -0.456 e. The van der Waals surface area contributed by atoms with Gasteiger partial charge in [0, 0.05) is 22.0 Å². The van der Waals surface area contributed by atoms with Gasteiger partial charge in [-0.25, -0.2) is 9.48 Å². The highest BCUT2D eigenvalue weighted by atomic mass is 79.9. The summed E-state index contributed by atoms with van der Waals surface area (Å²) in [6.07, 6.45) is 0. The number of hydrogen-bond acceptors (Lipinski definition) is 4. The largest absolute Gasteiger partial charge is 0.456 e. The molecule has 0 bridgehead atoms. The number of aryl methyl sites for hydroxylation is 1. The number of nitrogens with zero attached hydrogens (tertiary/aromatic N) is 2. The zero-order valence-corrected chi connectivity index (χ0v) is 14.6. The van der Waals surface area contributed by atoms with Crippen LogP contribution in [0.4, 0.5) is 0 Å². The average Bonchev–Trinajstić information content (AvgIpc) is 2.61. The molecule has 1 aromatic heterocycles. The fourth-order valence-corrected chi connectivity index (χ4v) is 2.83. The molecule has 3 aromatic rings. The lowest BCUT2D eigenvalue weighted by Crippen LogP contribution is -2.25. The van der Waals surface area contributed by atoms with Gasteiger partial charge in [-0.2, -0.15) is 5.10 Å². The summed E-state index contributed by atoms with van der Waals surface area (Å²) in [5, 5.41) is 5.14. The van der Waals surface area contributed by atoms with Crippen LogP contribution >= 0.6 is 15.9 Å². The van der Waals surface area contributed by atoms with Gasteiger partial charge in [-0.1, -0.05) is 52.3 Å². The van der Waals surface area contributed by atoms with Crippen molar-refractivity contribution in [3.63, 3.8) is 0 Å². The molecule has 122 valence electrons. The molecule has 0 N–H and O–H groups in total. The van der Waals surface area contributed by atoms with Crippen LogP contribution < -0.4 is 5.56 Å². The predicted octanol–water partition coefficient (Wildman–Crippen LogP) is 3.54. The van der Waals surface area contributed by atoms with Crippen molar-refractivity contribution in [3.05, 3.63) is 74.6 Å². The second-order valence-corrected chi connectivity index (χ2v) is 6.04. The standard InChI is InChI=1S/C18H15BrN2O3/c1-2-21-17(22)14-9-5-4-8-13(14)16(20-21)18(23)24-11-12-7-3-6-10-15(12)19/h3-10H,2,11H2,1H3. The van der Waals surface area contributed by atoms with Crippen LogP contribution in [0.1, 0.15) is 23.0 Å². The molecule has 0 amide bonds. The first-order valence-electron chi connectivity index (χ1n) is 7.52. The third-order valence-electron chi connectivity index (χ3n) is 3.68. The molecule has 2 aromatic carbocycles. The van der Waals surface area contributed by atoms with E-state index in [2.05, 4.69) is 21.0 Å². The normalized spacial score (nSPS) is 10.8. The van der Waals surface area contributed by atoms with E-state index in [1.54, 1.807) is 31.2 Å². The van der Waals surface area contributed by atoms with Gasteiger partial charge in [-0.05, 0) is 19.1 Å². The van der Waals surface area contributed by atoms with Crippen molar-refractivity contribution in [3.8, 4) is 0 Å². The van der Waals surface area contributed by atoms with Crippen molar-refractivity contribution >= 4 is 32.7 Å². The van der Waals surface area contributed by atoms with Gasteiger partial charge in [-0.15, -0.1) is 0 Å². The Balaban J connectivity index is 1.96. The Bertz CT molecular complexity index is 966. The van der Waals surface area contributed by atoms with E-state index in [1.165, 1.54) is 4.68 Å². The van der Waals surface area contributed by atoms with E-state index >= 15 is 0 Å². The summed E-state index contributed by atoms with van der Waals surface area (Å²) in [6.45, 7) is 2.31. The van der Waals surface area contributed by atoms with Crippen molar-refractivity contribution in [1.82, 2.24) is 9.78 Å². The Hall–Kier alpha value is -2.47. The zero-order chi connectivity index (χ0) is 17.1. The van der Waals surface area contributed by atoms with Gasteiger partial charge in [-0.3, -0.25) is 4.79 Å². The maximum absolute atomic E-state index is 12.5. The highest BCUT2D eigenvalue weighted by Crippen LogP contribution is 2.19. The Labute approximate surface area is 147 Å². The van der Waals surface area contributed by atoms with Gasteiger partial charge in [0.1, 0.15) is 6.61 Å². The molecule has 0 unspecified atom stereocenters. The van der Waals surface area contributed by atoms with Crippen molar-refractivity contribution < 1.29 is 9.53 Å². The van der Waals surface area contributed by atoms with E-state index in [4.69, 9.17) is 4.74 Å². The molecule has 24 heavy (non-hydrogen) atoms. The quantitative estimate of drug-likeness (QED) is 0.643. The number of carbonyl (C=O) groups excluding carboxylic acids is 1. The molecule has 0 fully saturated rings. The number of aromatic nitrogens is 2. The van der Waals surface area contributed by atoms with Crippen molar-refractivity contribution in [1.29, 1.82) is 0 Å². The molecule has 0 spiro atoms. The number of esters is 1. The van der Waals surface area contributed by atoms with Gasteiger partial charge in [0.15, 0.2) is 5.69 Å². The van der Waals surface area contributed by atoms with Crippen molar-refractivity contribution in [2.75, 3.05) is 0 Å². The van der Waals surface area contributed by atoms with E-state index < -0.39 is 5.97 Å². The van der Waals surface area contributed by atoms with Crippen LogP contribution in [0.25, 0.3) is 10.8 Å². The Morgan fingerprint density at radius 3 is 2.50 bits per heavy atom. The second-order valence-electron chi connectivity index (χ2n) is 5.18. The van der Waals surface area contributed by atoms with E-state index in [0.29, 0.717) is 17.3 Å². The summed E-state index contributed by atoms with van der Waals surface area (Å²) < 4.78 is 7.54. The third kappa shape index (κ3) is 3.10. The summed E-state index contributed by atoms with van der Waals surface area (Å²) in [5.74, 6) is -0.552. The summed E-state index contributed by atoms with van der Waals surface area (Å²) in [4.78, 5) is 24.8. The Kier molecular flexibility index (Phi) is 4.76. The summed E-state index contributed by atoms with van der Waals surface area (Å²) in [6, 6.07) is 14.4. The van der Waals surface area contributed by atoms with Crippen LogP contribution in [-0.2, 0) is 17.9 Å². The maximum atomic E-state index is 12.5. The number of ether oxygens (including phenoxy) is 1. The summed E-state index contributed by atoms with van der Waals surface area (Å²) >= 11 is 3.42. The van der Waals surface area contributed by atoms with E-state index in [9.17, 15) is 9.59 Å². The first-order valence-corrected chi connectivity index (χ1v) is 8.31. The smallest absolute Gasteiger partial charge is 0.359 e. The van der Waals surface area contributed by atoms with Crippen LogP contribution in [0.3, 0.4) is 0 Å². The molecular formula is C18H15BrN2O3. The van der Waals surface area contributed by atoms with E-state index in [-0.39, 0.29) is 17.9 Å². The van der Waals surface area contributed by atoms with Crippen LogP contribution in [0.15, 0.2) is 57.8 Å². The molecule has 1 heterocycles. The van der Waals surface area contributed by atoms with E-state index in [1.807, 2.05) is 24.3 Å². The molecule has 3 rings (SSSR count). The van der Waals surface area contributed by atoms with Gasteiger partial charge in [0.05, 0.1) is 5.39 Å². The summed E-state index contributed by atoms with van der Waals surface area (Å²) in [7, 11) is 0. The predicted molar refractivity (Wildman–Crippen MR) is 94.9 cm³/mol. The van der Waals surface area contributed by atoms with Crippen molar-refractivity contribution in [2.24, 2.45) is 0 Å². The van der Waals surface area contributed by atoms with Gasteiger partial charge in [0.2, 0.25) is 0 Å². The minimum atomic E-state index is -0.552. The van der Waals surface area contributed by atoms with Crippen LogP contribution in [0.5, 0.6) is 0 Å². The average molecular weight is 387 g/mol. The molecule has 0 radical (unpaired) electrons. The second kappa shape index (κ2) is 6.97. The summed E-state index contributed by atoms with van der Waals surface area (Å²) in [5.41, 5.74) is 0.800. The number of hydrogen-bond donors (Lipinski definition) is 0. The lowest BCUT2D eigenvalue weighted by Gasteiger charge is -2.10. The first-order chi connectivity index (χ1) is 11.6. The molecule has 0 saturated carbocycles. The Morgan fingerprint density at radius 1 is 1.12 bits per heavy atom. The number of benzene rings is 2. The highest BCUT2D eigenvalue weighted by molar-refractivity contribution is 9.10. The van der Waals surface area contributed by atoms with Gasteiger partial charge < -0.3 is 4.74 Å². The molecule has 0 aliphatic rings. The highest BCUT2D eigenvalue weighted by Gasteiger charge is 2.17. The topological polar surface area (TPSA) is 61.2 Å².